The van der Waals surface area contributed by atoms with E-state index in [1.165, 1.54) is 12.0 Å². The fraction of sp³-hybridized carbons (Fsp3) is 0.667. The van der Waals surface area contributed by atoms with Crippen molar-refractivity contribution in [2.24, 2.45) is 0 Å². The lowest BCUT2D eigenvalue weighted by Gasteiger charge is -2.11. The van der Waals surface area contributed by atoms with Gasteiger partial charge in [-0.15, -0.1) is 0 Å². The predicted octanol–water partition coefficient (Wildman–Crippen LogP) is -0.0495. The molecule has 1 heterocycles. The summed E-state index contributed by atoms with van der Waals surface area (Å²) in [5.41, 5.74) is 1.53. The van der Waals surface area contributed by atoms with Crippen LogP contribution >= 0.6 is 0 Å². The molecule has 0 amide bonds. The molecular weight excluding hydrogens is 102 g/mol. The van der Waals surface area contributed by atoms with Gasteiger partial charge in [-0.1, -0.05) is 11.6 Å². The number of hydrogen-bond donors (Lipinski definition) is 1. The van der Waals surface area contributed by atoms with Crippen molar-refractivity contribution in [2.45, 2.75) is 12.5 Å². The van der Waals surface area contributed by atoms with Gasteiger partial charge in [0.15, 0.2) is 0 Å². The summed E-state index contributed by atoms with van der Waals surface area (Å²) in [6.45, 7) is 1.20. The van der Waals surface area contributed by atoms with E-state index in [1.807, 2.05) is 0 Å². The summed E-state index contributed by atoms with van der Waals surface area (Å²) in [6.07, 6.45) is 3.42. The van der Waals surface area contributed by atoms with Crippen LogP contribution in [0.25, 0.3) is 0 Å². The van der Waals surface area contributed by atoms with Crippen molar-refractivity contribution in [2.75, 3.05) is 13.3 Å². The molecule has 0 aromatic heterocycles. The number of rotatable bonds is 1. The second-order valence-corrected chi connectivity index (χ2v) is 2.41. The van der Waals surface area contributed by atoms with Crippen LogP contribution in [0.15, 0.2) is 11.6 Å². The largest absolute Gasteiger partial charge is 0.381 e. The number of fused-ring (bicyclic) bond motifs is 1. The minimum Gasteiger partial charge on any atom is -0.381 e. The number of aliphatic hydroxyl groups is 1. The molecule has 0 spiro atoms. The van der Waals surface area contributed by atoms with Gasteiger partial charge in [-0.25, -0.2) is 0 Å². The van der Waals surface area contributed by atoms with Crippen molar-refractivity contribution >= 4 is 0 Å². The molecule has 1 aliphatic carbocycles. The first-order chi connectivity index (χ1) is 3.92. The predicted molar refractivity (Wildman–Crippen MR) is 30.3 cm³/mol. The zero-order chi connectivity index (χ0) is 5.56. The molecule has 1 aliphatic heterocycles. The van der Waals surface area contributed by atoms with E-state index < -0.39 is 0 Å². The van der Waals surface area contributed by atoms with Crippen LogP contribution < -0.4 is 0 Å². The Morgan fingerprint density at radius 2 is 2.75 bits per heavy atom. The van der Waals surface area contributed by atoms with Gasteiger partial charge in [0, 0.05) is 12.6 Å². The van der Waals surface area contributed by atoms with E-state index in [-0.39, 0.29) is 6.73 Å². The van der Waals surface area contributed by atoms with E-state index in [2.05, 4.69) is 11.0 Å². The summed E-state index contributed by atoms with van der Waals surface area (Å²) in [4.78, 5) is 2.06. The van der Waals surface area contributed by atoms with E-state index in [4.69, 9.17) is 5.11 Å². The first kappa shape index (κ1) is 4.53. The molecule has 1 unspecified atom stereocenters. The Morgan fingerprint density at radius 1 is 1.88 bits per heavy atom. The standard InChI is InChI=1S/C6H9NO/c8-4-7-2-1-5-3-6(5)7/h1,6,8H,2-4H2. The van der Waals surface area contributed by atoms with Gasteiger partial charge < -0.3 is 5.11 Å². The van der Waals surface area contributed by atoms with Crippen molar-refractivity contribution in [1.82, 2.24) is 4.90 Å². The molecule has 0 aromatic carbocycles. The second kappa shape index (κ2) is 1.33. The Hall–Kier alpha value is -0.340. The van der Waals surface area contributed by atoms with Crippen molar-refractivity contribution in [3.63, 3.8) is 0 Å². The maximum absolute atomic E-state index is 8.66. The highest BCUT2D eigenvalue weighted by molar-refractivity contribution is 5.33. The third-order valence-corrected chi connectivity index (χ3v) is 1.91. The molecule has 1 atom stereocenters. The van der Waals surface area contributed by atoms with Gasteiger partial charge in [0.05, 0.1) is 6.73 Å². The van der Waals surface area contributed by atoms with Gasteiger partial charge in [-0.2, -0.15) is 0 Å². The minimum atomic E-state index is 0.227. The molecule has 0 bridgehead atoms. The molecule has 0 saturated heterocycles. The SMILES string of the molecule is OCN1CC=C2CC21. The molecule has 2 nitrogen and oxygen atoms in total. The van der Waals surface area contributed by atoms with Gasteiger partial charge in [-0.3, -0.25) is 4.90 Å². The Kier molecular flexibility index (Phi) is 0.754. The van der Waals surface area contributed by atoms with E-state index in [0.29, 0.717) is 6.04 Å². The van der Waals surface area contributed by atoms with E-state index >= 15 is 0 Å². The maximum Gasteiger partial charge on any atom is 0.0964 e. The molecule has 44 valence electrons. The van der Waals surface area contributed by atoms with Gasteiger partial charge in [0.1, 0.15) is 0 Å². The second-order valence-electron chi connectivity index (χ2n) is 2.41. The van der Waals surface area contributed by atoms with Crippen LogP contribution in [0.5, 0.6) is 0 Å². The maximum atomic E-state index is 8.66. The van der Waals surface area contributed by atoms with Crippen molar-refractivity contribution < 1.29 is 5.11 Å². The molecule has 8 heavy (non-hydrogen) atoms. The van der Waals surface area contributed by atoms with Gasteiger partial charge in [-0.05, 0) is 6.42 Å². The summed E-state index contributed by atoms with van der Waals surface area (Å²) < 4.78 is 0. The third kappa shape index (κ3) is 0.443. The highest BCUT2D eigenvalue weighted by atomic mass is 16.3. The van der Waals surface area contributed by atoms with Crippen molar-refractivity contribution in [1.29, 1.82) is 0 Å². The van der Waals surface area contributed by atoms with Crippen molar-refractivity contribution in [3.05, 3.63) is 11.6 Å². The van der Waals surface area contributed by atoms with E-state index in [0.717, 1.165) is 6.54 Å². The average Bonchev–Trinajstić information content (AvgIpc) is 2.46. The topological polar surface area (TPSA) is 23.5 Å². The number of aliphatic hydroxyl groups excluding tert-OH is 1. The molecule has 2 rings (SSSR count). The Balaban J connectivity index is 2.06. The highest BCUT2D eigenvalue weighted by Crippen LogP contribution is 2.38. The van der Waals surface area contributed by atoms with E-state index in [9.17, 15) is 0 Å². The Bertz CT molecular complexity index is 141. The molecule has 1 N–H and O–H groups in total. The quantitative estimate of drug-likeness (QED) is 0.479. The normalized spacial score (nSPS) is 34.6. The minimum absolute atomic E-state index is 0.227. The molecule has 2 heteroatoms. The summed E-state index contributed by atoms with van der Waals surface area (Å²) >= 11 is 0. The Morgan fingerprint density at radius 3 is 3.00 bits per heavy atom. The summed E-state index contributed by atoms with van der Waals surface area (Å²) in [5.74, 6) is 0. The third-order valence-electron chi connectivity index (χ3n) is 1.91. The first-order valence-corrected chi connectivity index (χ1v) is 2.95. The van der Waals surface area contributed by atoms with Gasteiger partial charge >= 0.3 is 0 Å². The highest BCUT2D eigenvalue weighted by Gasteiger charge is 2.38. The number of hydrogen-bond acceptors (Lipinski definition) is 2. The fourth-order valence-electron chi connectivity index (χ4n) is 1.27. The van der Waals surface area contributed by atoms with Crippen LogP contribution in [0.3, 0.4) is 0 Å². The van der Waals surface area contributed by atoms with E-state index in [1.54, 1.807) is 0 Å². The van der Waals surface area contributed by atoms with Crippen LogP contribution in [0.1, 0.15) is 6.42 Å². The average molecular weight is 111 g/mol. The summed E-state index contributed by atoms with van der Waals surface area (Å²) in [7, 11) is 0. The first-order valence-electron chi connectivity index (χ1n) is 2.95. The molecule has 1 saturated carbocycles. The zero-order valence-corrected chi connectivity index (χ0v) is 4.67. The monoisotopic (exact) mass is 111 g/mol. The lowest BCUT2D eigenvalue weighted by atomic mass is 10.5. The summed E-state index contributed by atoms with van der Waals surface area (Å²) in [5, 5.41) is 8.66. The smallest absolute Gasteiger partial charge is 0.0964 e. The molecule has 2 aliphatic rings. The molecule has 0 radical (unpaired) electrons. The van der Waals surface area contributed by atoms with Crippen LogP contribution in [0, 0.1) is 0 Å². The van der Waals surface area contributed by atoms with Crippen LogP contribution in [0.4, 0.5) is 0 Å². The molecule has 1 fully saturated rings. The van der Waals surface area contributed by atoms with Crippen LogP contribution in [0.2, 0.25) is 0 Å². The zero-order valence-electron chi connectivity index (χ0n) is 4.67. The Labute approximate surface area is 48.4 Å². The lowest BCUT2D eigenvalue weighted by Crippen LogP contribution is -2.24. The van der Waals surface area contributed by atoms with Crippen LogP contribution in [-0.4, -0.2) is 29.3 Å². The fourth-order valence-corrected chi connectivity index (χ4v) is 1.27. The molecular formula is C6H9NO. The van der Waals surface area contributed by atoms with Crippen molar-refractivity contribution in [3.8, 4) is 0 Å². The summed E-state index contributed by atoms with van der Waals surface area (Å²) in [6, 6.07) is 0.639. The van der Waals surface area contributed by atoms with Crippen LogP contribution in [-0.2, 0) is 0 Å². The number of nitrogens with zero attached hydrogens (tertiary/aromatic N) is 1. The van der Waals surface area contributed by atoms with Gasteiger partial charge in [0.2, 0.25) is 0 Å². The van der Waals surface area contributed by atoms with Gasteiger partial charge in [0.25, 0.3) is 0 Å². The molecule has 0 aromatic rings. The lowest BCUT2D eigenvalue weighted by molar-refractivity contribution is 0.120.